The standard InChI is InChI=1S/C16H8F3NS/c17-16(18,19)12-6-2-1-5-11(12)9-10-15-20-13-7-3-4-8-14(13)21-15/h1-8H. The first-order valence-corrected chi connectivity index (χ1v) is 6.89. The molecule has 0 atom stereocenters. The molecule has 1 heterocycles. The molecule has 0 unspecified atom stereocenters. The molecule has 0 saturated carbocycles. The van der Waals surface area contributed by atoms with E-state index in [0.29, 0.717) is 5.01 Å². The van der Waals surface area contributed by atoms with Crippen molar-refractivity contribution in [3.05, 3.63) is 64.7 Å². The van der Waals surface area contributed by atoms with Crippen molar-refractivity contribution in [2.24, 2.45) is 0 Å². The van der Waals surface area contributed by atoms with Crippen molar-refractivity contribution in [1.82, 2.24) is 4.98 Å². The highest BCUT2D eigenvalue weighted by atomic mass is 32.1. The van der Waals surface area contributed by atoms with E-state index in [0.717, 1.165) is 16.3 Å². The summed E-state index contributed by atoms with van der Waals surface area (Å²) in [4.78, 5) is 4.28. The van der Waals surface area contributed by atoms with Gasteiger partial charge >= 0.3 is 6.18 Å². The van der Waals surface area contributed by atoms with Crippen LogP contribution in [0.1, 0.15) is 16.1 Å². The number of halogens is 3. The van der Waals surface area contributed by atoms with Crippen LogP contribution in [0.3, 0.4) is 0 Å². The van der Waals surface area contributed by atoms with Gasteiger partial charge in [-0.1, -0.05) is 30.2 Å². The van der Waals surface area contributed by atoms with Gasteiger partial charge in [0.1, 0.15) is 0 Å². The smallest absolute Gasteiger partial charge is 0.228 e. The second kappa shape index (κ2) is 5.23. The molecule has 3 rings (SSSR count). The second-order valence-electron chi connectivity index (χ2n) is 4.28. The molecule has 0 aliphatic carbocycles. The maximum atomic E-state index is 12.9. The summed E-state index contributed by atoms with van der Waals surface area (Å²) in [5.74, 6) is 5.30. The predicted molar refractivity (Wildman–Crippen MR) is 77.0 cm³/mol. The minimum Gasteiger partial charge on any atom is -0.228 e. The maximum Gasteiger partial charge on any atom is 0.417 e. The zero-order valence-corrected chi connectivity index (χ0v) is 11.4. The maximum absolute atomic E-state index is 12.9. The summed E-state index contributed by atoms with van der Waals surface area (Å²) in [6.07, 6.45) is -4.40. The Balaban J connectivity index is 2.02. The molecule has 0 saturated heterocycles. The van der Waals surface area contributed by atoms with Gasteiger partial charge in [-0.2, -0.15) is 13.2 Å². The van der Waals surface area contributed by atoms with Crippen molar-refractivity contribution in [2.45, 2.75) is 6.18 Å². The van der Waals surface area contributed by atoms with Gasteiger partial charge in [0.15, 0.2) is 5.01 Å². The van der Waals surface area contributed by atoms with Crippen molar-refractivity contribution in [2.75, 3.05) is 0 Å². The number of rotatable bonds is 0. The summed E-state index contributed by atoms with van der Waals surface area (Å²) in [5, 5.41) is 0.508. The molecule has 0 amide bonds. The molecule has 2 aromatic carbocycles. The van der Waals surface area contributed by atoms with Crippen molar-refractivity contribution in [3.8, 4) is 11.8 Å². The molecule has 3 aromatic rings. The number of thiazole rings is 1. The number of alkyl halides is 3. The monoisotopic (exact) mass is 303 g/mol. The number of hydrogen-bond donors (Lipinski definition) is 0. The summed E-state index contributed by atoms with van der Waals surface area (Å²) in [6.45, 7) is 0. The Morgan fingerprint density at radius 3 is 2.38 bits per heavy atom. The average molecular weight is 303 g/mol. The molecule has 0 aliphatic heterocycles. The second-order valence-corrected chi connectivity index (χ2v) is 5.31. The van der Waals surface area contributed by atoms with Crippen LogP contribution in [0.4, 0.5) is 13.2 Å². The molecule has 0 bridgehead atoms. The molecular weight excluding hydrogens is 295 g/mol. The van der Waals surface area contributed by atoms with Crippen molar-refractivity contribution >= 4 is 21.6 Å². The molecular formula is C16H8F3NS. The molecule has 0 radical (unpaired) electrons. The first kappa shape index (κ1) is 13.7. The number of fused-ring (bicyclic) bond motifs is 1. The Morgan fingerprint density at radius 1 is 0.905 bits per heavy atom. The Hall–Kier alpha value is -2.32. The van der Waals surface area contributed by atoms with Crippen LogP contribution < -0.4 is 0 Å². The lowest BCUT2D eigenvalue weighted by atomic mass is 10.1. The predicted octanol–water partition coefficient (Wildman–Crippen LogP) is 4.71. The molecule has 21 heavy (non-hydrogen) atoms. The van der Waals surface area contributed by atoms with Gasteiger partial charge in [0, 0.05) is 5.56 Å². The summed E-state index contributed by atoms with van der Waals surface area (Å²) < 4.78 is 39.5. The highest BCUT2D eigenvalue weighted by molar-refractivity contribution is 7.19. The van der Waals surface area contributed by atoms with Crippen molar-refractivity contribution in [1.29, 1.82) is 0 Å². The number of hydrogen-bond acceptors (Lipinski definition) is 2. The molecule has 1 aromatic heterocycles. The number of para-hydroxylation sites is 1. The number of nitrogens with zero attached hydrogens (tertiary/aromatic N) is 1. The number of benzene rings is 2. The lowest BCUT2D eigenvalue weighted by Gasteiger charge is -2.07. The Morgan fingerprint density at radius 2 is 1.62 bits per heavy atom. The topological polar surface area (TPSA) is 12.9 Å². The minimum atomic E-state index is -4.40. The van der Waals surface area contributed by atoms with Gasteiger partial charge in [-0.3, -0.25) is 0 Å². The molecule has 104 valence electrons. The minimum absolute atomic E-state index is 0.0377. The van der Waals surface area contributed by atoms with Gasteiger partial charge in [-0.15, -0.1) is 11.3 Å². The SMILES string of the molecule is FC(F)(F)c1ccccc1C#Cc1nc2ccccc2s1. The normalized spacial score (nSPS) is 11.2. The van der Waals surface area contributed by atoms with Gasteiger partial charge < -0.3 is 0 Å². The molecule has 0 aliphatic rings. The molecule has 1 nitrogen and oxygen atoms in total. The van der Waals surface area contributed by atoms with Crippen LogP contribution >= 0.6 is 11.3 Å². The van der Waals surface area contributed by atoms with Crippen LogP contribution in [0.15, 0.2) is 48.5 Å². The van der Waals surface area contributed by atoms with Gasteiger partial charge in [0.05, 0.1) is 15.8 Å². The first-order chi connectivity index (χ1) is 10.0. The third-order valence-electron chi connectivity index (χ3n) is 2.83. The van der Waals surface area contributed by atoms with Crippen molar-refractivity contribution < 1.29 is 13.2 Å². The third kappa shape index (κ3) is 2.91. The van der Waals surface area contributed by atoms with E-state index in [4.69, 9.17) is 0 Å². The quantitative estimate of drug-likeness (QED) is 0.548. The fourth-order valence-corrected chi connectivity index (χ4v) is 2.71. The highest BCUT2D eigenvalue weighted by Gasteiger charge is 2.32. The summed E-state index contributed by atoms with van der Waals surface area (Å²) >= 11 is 1.36. The summed E-state index contributed by atoms with van der Waals surface area (Å²) in [6, 6.07) is 12.8. The fraction of sp³-hybridized carbons (Fsp3) is 0.0625. The number of aromatic nitrogens is 1. The first-order valence-electron chi connectivity index (χ1n) is 6.08. The Bertz CT molecular complexity index is 820. The van der Waals surface area contributed by atoms with Gasteiger partial charge in [0.25, 0.3) is 0 Å². The average Bonchev–Trinajstić information content (AvgIpc) is 2.87. The zero-order valence-electron chi connectivity index (χ0n) is 10.6. The van der Waals surface area contributed by atoms with Gasteiger partial charge in [-0.05, 0) is 30.2 Å². The highest BCUT2D eigenvalue weighted by Crippen LogP contribution is 2.31. The lowest BCUT2D eigenvalue weighted by Crippen LogP contribution is -2.07. The Labute approximate surface area is 123 Å². The van der Waals surface area contributed by atoms with E-state index < -0.39 is 11.7 Å². The van der Waals surface area contributed by atoms with Crippen LogP contribution in [0.25, 0.3) is 10.2 Å². The van der Waals surface area contributed by atoms with Crippen LogP contribution in [0, 0.1) is 11.8 Å². The van der Waals surface area contributed by atoms with E-state index in [9.17, 15) is 13.2 Å². The van der Waals surface area contributed by atoms with Crippen LogP contribution in [-0.2, 0) is 6.18 Å². The van der Waals surface area contributed by atoms with Crippen molar-refractivity contribution in [3.63, 3.8) is 0 Å². The van der Waals surface area contributed by atoms with Gasteiger partial charge in [-0.25, -0.2) is 4.98 Å². The van der Waals surface area contributed by atoms with E-state index in [1.807, 2.05) is 24.3 Å². The largest absolute Gasteiger partial charge is 0.417 e. The summed E-state index contributed by atoms with van der Waals surface area (Å²) in [5.41, 5.74) is 0.0405. The van der Waals surface area contributed by atoms with Crippen LogP contribution in [-0.4, -0.2) is 4.98 Å². The third-order valence-corrected chi connectivity index (χ3v) is 3.78. The van der Waals surface area contributed by atoms with Crippen LogP contribution in [0.5, 0.6) is 0 Å². The van der Waals surface area contributed by atoms with E-state index in [-0.39, 0.29) is 5.56 Å². The molecule has 0 spiro atoms. The molecule has 0 fully saturated rings. The van der Waals surface area contributed by atoms with E-state index in [1.54, 1.807) is 0 Å². The molecule has 5 heteroatoms. The fourth-order valence-electron chi connectivity index (χ4n) is 1.89. The zero-order chi connectivity index (χ0) is 14.9. The molecule has 0 N–H and O–H groups in total. The van der Waals surface area contributed by atoms with E-state index >= 15 is 0 Å². The van der Waals surface area contributed by atoms with E-state index in [2.05, 4.69) is 16.8 Å². The lowest BCUT2D eigenvalue weighted by molar-refractivity contribution is -0.137. The van der Waals surface area contributed by atoms with E-state index in [1.165, 1.54) is 29.5 Å². The Kier molecular flexibility index (Phi) is 3.40. The summed E-state index contributed by atoms with van der Waals surface area (Å²) in [7, 11) is 0. The van der Waals surface area contributed by atoms with Gasteiger partial charge in [0.2, 0.25) is 0 Å². The van der Waals surface area contributed by atoms with Crippen LogP contribution in [0.2, 0.25) is 0 Å².